The summed E-state index contributed by atoms with van der Waals surface area (Å²) in [4.78, 5) is 0. The summed E-state index contributed by atoms with van der Waals surface area (Å²) < 4.78 is 36.3. The Hall–Kier alpha value is -0.890. The zero-order chi connectivity index (χ0) is 11.5. The Morgan fingerprint density at radius 1 is 1.47 bits per heavy atom. The predicted octanol–water partition coefficient (Wildman–Crippen LogP) is 1.74. The van der Waals surface area contributed by atoms with E-state index in [2.05, 4.69) is 15.5 Å². The van der Waals surface area contributed by atoms with Crippen molar-refractivity contribution in [2.45, 2.75) is 25.6 Å². The minimum Gasteiger partial charge on any atom is -0.391 e. The quantitative estimate of drug-likeness (QED) is 0.843. The first-order valence-electron chi connectivity index (χ1n) is 4.26. The molecule has 0 aliphatic heterocycles. The molecular weight excluding hydrogens is 231 g/mol. The average Bonchev–Trinajstić information content (AvgIpc) is 2.61. The molecule has 1 rings (SSSR count). The molecule has 2 N–H and O–H groups in total. The van der Waals surface area contributed by atoms with Crippen LogP contribution in [0.5, 0.6) is 0 Å². The van der Waals surface area contributed by atoms with Crippen LogP contribution < -0.4 is 5.32 Å². The Labute approximate surface area is 88.1 Å². The molecule has 15 heavy (non-hydrogen) atoms. The molecule has 0 spiro atoms. The van der Waals surface area contributed by atoms with Crippen molar-refractivity contribution in [2.24, 2.45) is 0 Å². The van der Waals surface area contributed by atoms with Crippen LogP contribution >= 0.6 is 11.3 Å². The first-order valence-corrected chi connectivity index (χ1v) is 5.07. The second-order valence-electron chi connectivity index (χ2n) is 2.85. The smallest absolute Gasteiger partial charge is 0.391 e. The summed E-state index contributed by atoms with van der Waals surface area (Å²) >= 11 is 0.423. The summed E-state index contributed by atoms with van der Waals surface area (Å²) in [7, 11) is 0. The Morgan fingerprint density at radius 3 is 2.60 bits per heavy atom. The van der Waals surface area contributed by atoms with Crippen LogP contribution in [0.4, 0.5) is 18.3 Å². The number of halogens is 3. The number of nitrogens with zero attached hydrogens (tertiary/aromatic N) is 2. The number of anilines is 1. The lowest BCUT2D eigenvalue weighted by molar-refractivity contribution is -0.138. The molecule has 1 atom stereocenters. The number of rotatable bonds is 4. The van der Waals surface area contributed by atoms with E-state index >= 15 is 0 Å². The van der Waals surface area contributed by atoms with Crippen LogP contribution in [-0.4, -0.2) is 28.0 Å². The van der Waals surface area contributed by atoms with E-state index in [0.717, 1.165) is 0 Å². The monoisotopic (exact) mass is 241 g/mol. The van der Waals surface area contributed by atoms with Crippen LogP contribution in [0.15, 0.2) is 0 Å². The molecule has 0 radical (unpaired) electrons. The first-order chi connectivity index (χ1) is 6.93. The van der Waals surface area contributed by atoms with Crippen LogP contribution in [0.2, 0.25) is 0 Å². The number of hydrogen-bond acceptors (Lipinski definition) is 5. The summed E-state index contributed by atoms with van der Waals surface area (Å²) in [6, 6.07) is 0. The van der Waals surface area contributed by atoms with Crippen molar-refractivity contribution in [3.05, 3.63) is 5.01 Å². The second kappa shape index (κ2) is 4.75. The summed E-state index contributed by atoms with van der Waals surface area (Å²) in [5.41, 5.74) is 0. The fourth-order valence-corrected chi connectivity index (χ4v) is 1.38. The molecule has 0 aliphatic carbocycles. The summed E-state index contributed by atoms with van der Waals surface area (Å²) in [5.74, 6) is 0. The van der Waals surface area contributed by atoms with Gasteiger partial charge in [-0.15, -0.1) is 10.2 Å². The molecule has 8 heteroatoms. The van der Waals surface area contributed by atoms with Gasteiger partial charge in [0.1, 0.15) is 0 Å². The zero-order valence-corrected chi connectivity index (χ0v) is 8.69. The standard InChI is InChI=1S/C7H10F3N3OS/c1-2-4(14)3-11-6-13-12-5(15-6)7(8,9)10/h4,14H,2-3H2,1H3,(H,11,13). The number of nitrogens with one attached hydrogen (secondary N) is 1. The van der Waals surface area contributed by atoms with Gasteiger partial charge in [-0.05, 0) is 6.42 Å². The van der Waals surface area contributed by atoms with Gasteiger partial charge in [0.05, 0.1) is 6.10 Å². The van der Waals surface area contributed by atoms with Crippen molar-refractivity contribution in [1.82, 2.24) is 10.2 Å². The van der Waals surface area contributed by atoms with Gasteiger partial charge in [-0.2, -0.15) is 13.2 Å². The normalized spacial score (nSPS) is 13.9. The Balaban J connectivity index is 2.54. The molecule has 0 amide bonds. The van der Waals surface area contributed by atoms with Gasteiger partial charge in [0, 0.05) is 6.54 Å². The molecule has 0 aliphatic rings. The molecule has 0 saturated heterocycles. The Bertz CT molecular complexity index is 315. The van der Waals surface area contributed by atoms with Crippen LogP contribution in [-0.2, 0) is 6.18 Å². The highest BCUT2D eigenvalue weighted by atomic mass is 32.1. The van der Waals surface area contributed by atoms with E-state index in [1.165, 1.54) is 0 Å². The minimum atomic E-state index is -4.46. The van der Waals surface area contributed by atoms with Crippen LogP contribution in [0.25, 0.3) is 0 Å². The minimum absolute atomic E-state index is 0.0647. The third-order valence-electron chi connectivity index (χ3n) is 1.63. The fraction of sp³-hybridized carbons (Fsp3) is 0.714. The van der Waals surface area contributed by atoms with E-state index in [1.54, 1.807) is 6.92 Å². The highest BCUT2D eigenvalue weighted by Gasteiger charge is 2.35. The van der Waals surface area contributed by atoms with Gasteiger partial charge in [0.25, 0.3) is 0 Å². The second-order valence-corrected chi connectivity index (χ2v) is 3.83. The van der Waals surface area contributed by atoms with E-state index in [0.29, 0.717) is 17.8 Å². The molecular formula is C7H10F3N3OS. The molecule has 86 valence electrons. The molecule has 4 nitrogen and oxygen atoms in total. The maximum atomic E-state index is 12.1. The highest BCUT2D eigenvalue weighted by Crippen LogP contribution is 2.32. The number of hydrogen-bond donors (Lipinski definition) is 2. The van der Waals surface area contributed by atoms with E-state index in [-0.39, 0.29) is 11.7 Å². The predicted molar refractivity (Wildman–Crippen MR) is 49.7 cm³/mol. The molecule has 0 fully saturated rings. The lowest BCUT2D eigenvalue weighted by atomic mass is 10.3. The molecule has 1 aromatic rings. The van der Waals surface area contributed by atoms with Crippen molar-refractivity contribution < 1.29 is 18.3 Å². The molecule has 1 unspecified atom stereocenters. The number of aromatic nitrogens is 2. The Kier molecular flexibility index (Phi) is 3.86. The third-order valence-corrected chi connectivity index (χ3v) is 2.55. The van der Waals surface area contributed by atoms with E-state index in [4.69, 9.17) is 5.11 Å². The number of alkyl halides is 3. The lowest BCUT2D eigenvalue weighted by Gasteiger charge is -2.06. The SMILES string of the molecule is CCC(O)CNc1nnc(C(F)(F)F)s1. The van der Waals surface area contributed by atoms with Gasteiger partial charge in [0.15, 0.2) is 0 Å². The van der Waals surface area contributed by atoms with E-state index < -0.39 is 17.3 Å². The van der Waals surface area contributed by atoms with E-state index in [9.17, 15) is 13.2 Å². The Morgan fingerprint density at radius 2 is 2.13 bits per heavy atom. The summed E-state index contributed by atoms with van der Waals surface area (Å²) in [5, 5.41) is 17.1. The lowest BCUT2D eigenvalue weighted by Crippen LogP contribution is -2.17. The molecule has 1 aromatic heterocycles. The van der Waals surface area contributed by atoms with Gasteiger partial charge in [0.2, 0.25) is 10.1 Å². The number of aliphatic hydroxyl groups excluding tert-OH is 1. The largest absolute Gasteiger partial charge is 0.445 e. The van der Waals surface area contributed by atoms with Crippen molar-refractivity contribution >= 4 is 16.5 Å². The summed E-state index contributed by atoms with van der Waals surface area (Å²) in [6.45, 7) is 1.94. The third kappa shape index (κ3) is 3.63. The van der Waals surface area contributed by atoms with Crippen LogP contribution in [0.1, 0.15) is 18.4 Å². The van der Waals surface area contributed by atoms with Crippen molar-refractivity contribution in [3.63, 3.8) is 0 Å². The topological polar surface area (TPSA) is 58.0 Å². The fourth-order valence-electron chi connectivity index (χ4n) is 0.759. The van der Waals surface area contributed by atoms with Gasteiger partial charge in [-0.25, -0.2) is 0 Å². The average molecular weight is 241 g/mol. The van der Waals surface area contributed by atoms with Gasteiger partial charge in [-0.3, -0.25) is 0 Å². The molecule has 1 heterocycles. The highest BCUT2D eigenvalue weighted by molar-refractivity contribution is 7.15. The van der Waals surface area contributed by atoms with Gasteiger partial charge >= 0.3 is 6.18 Å². The van der Waals surface area contributed by atoms with Crippen LogP contribution in [0.3, 0.4) is 0 Å². The van der Waals surface area contributed by atoms with Gasteiger partial charge < -0.3 is 10.4 Å². The van der Waals surface area contributed by atoms with Crippen molar-refractivity contribution in [1.29, 1.82) is 0 Å². The molecule has 0 bridgehead atoms. The first kappa shape index (κ1) is 12.2. The molecule has 0 saturated carbocycles. The maximum Gasteiger partial charge on any atom is 0.445 e. The number of aliphatic hydroxyl groups is 1. The van der Waals surface area contributed by atoms with Crippen LogP contribution in [0, 0.1) is 0 Å². The zero-order valence-electron chi connectivity index (χ0n) is 7.88. The van der Waals surface area contributed by atoms with E-state index in [1.807, 2.05) is 0 Å². The molecule has 0 aromatic carbocycles. The van der Waals surface area contributed by atoms with Gasteiger partial charge in [-0.1, -0.05) is 18.3 Å². The van der Waals surface area contributed by atoms with Crippen molar-refractivity contribution in [2.75, 3.05) is 11.9 Å². The summed E-state index contributed by atoms with van der Waals surface area (Å²) in [6.07, 6.45) is -4.53. The van der Waals surface area contributed by atoms with Crippen molar-refractivity contribution in [3.8, 4) is 0 Å². The maximum absolute atomic E-state index is 12.1.